The maximum atomic E-state index is 10.5. The van der Waals surface area contributed by atoms with Crippen LogP contribution in [0, 0.1) is 18.3 Å². The van der Waals surface area contributed by atoms with Crippen LogP contribution in [-0.4, -0.2) is 6.29 Å². The van der Waals surface area contributed by atoms with Gasteiger partial charge in [-0.1, -0.05) is 19.1 Å². The van der Waals surface area contributed by atoms with E-state index in [0.717, 1.165) is 17.4 Å². The molecule has 13 heavy (non-hydrogen) atoms. The van der Waals surface area contributed by atoms with Gasteiger partial charge in [-0.15, -0.1) is 0 Å². The van der Waals surface area contributed by atoms with Gasteiger partial charge in [0.15, 0.2) is 0 Å². The molecule has 1 unspecified atom stereocenters. The molecule has 0 aliphatic heterocycles. The van der Waals surface area contributed by atoms with Gasteiger partial charge < -0.3 is 4.79 Å². The van der Waals surface area contributed by atoms with E-state index in [0.29, 0.717) is 5.56 Å². The fourth-order valence-corrected chi connectivity index (χ4v) is 1.12. The van der Waals surface area contributed by atoms with Crippen molar-refractivity contribution in [2.45, 2.75) is 19.8 Å². The van der Waals surface area contributed by atoms with Gasteiger partial charge in [-0.2, -0.15) is 5.26 Å². The van der Waals surface area contributed by atoms with E-state index in [2.05, 4.69) is 6.07 Å². The van der Waals surface area contributed by atoms with Gasteiger partial charge in [-0.3, -0.25) is 0 Å². The van der Waals surface area contributed by atoms with Crippen LogP contribution in [-0.2, 0) is 4.79 Å². The highest BCUT2D eigenvalue weighted by molar-refractivity contribution is 5.62. The van der Waals surface area contributed by atoms with E-state index in [1.54, 1.807) is 6.07 Å². The molecule has 1 atom stereocenters. The Hall–Kier alpha value is -1.62. The van der Waals surface area contributed by atoms with Gasteiger partial charge in [0.05, 0.1) is 11.6 Å². The first-order valence-electron chi connectivity index (χ1n) is 4.15. The minimum Gasteiger partial charge on any atom is -0.303 e. The molecule has 0 N–H and O–H groups in total. The van der Waals surface area contributed by atoms with Crippen LogP contribution < -0.4 is 0 Å². The van der Waals surface area contributed by atoms with Gasteiger partial charge >= 0.3 is 0 Å². The predicted octanol–water partition coefficient (Wildman–Crippen LogP) is 2.17. The number of hydrogen-bond acceptors (Lipinski definition) is 2. The van der Waals surface area contributed by atoms with E-state index in [9.17, 15) is 4.79 Å². The zero-order valence-corrected chi connectivity index (χ0v) is 7.74. The summed E-state index contributed by atoms with van der Waals surface area (Å²) < 4.78 is 0. The van der Waals surface area contributed by atoms with Crippen molar-refractivity contribution >= 4 is 6.29 Å². The van der Waals surface area contributed by atoms with Crippen molar-refractivity contribution in [1.29, 1.82) is 5.26 Å². The topological polar surface area (TPSA) is 40.9 Å². The van der Waals surface area contributed by atoms with Crippen LogP contribution >= 0.6 is 0 Å². The Balaban J connectivity index is 3.15. The van der Waals surface area contributed by atoms with Crippen molar-refractivity contribution in [3.8, 4) is 6.07 Å². The molecule has 0 fully saturated rings. The van der Waals surface area contributed by atoms with Gasteiger partial charge in [0, 0.05) is 5.92 Å². The Morgan fingerprint density at radius 2 is 2.23 bits per heavy atom. The Morgan fingerprint density at radius 3 is 2.77 bits per heavy atom. The van der Waals surface area contributed by atoms with Gasteiger partial charge in [-0.25, -0.2) is 0 Å². The molecule has 0 spiro atoms. The molecular weight excluding hydrogens is 162 g/mol. The van der Waals surface area contributed by atoms with Gasteiger partial charge in [0.25, 0.3) is 0 Å². The zero-order chi connectivity index (χ0) is 9.84. The second-order valence-electron chi connectivity index (χ2n) is 3.11. The monoisotopic (exact) mass is 173 g/mol. The van der Waals surface area contributed by atoms with E-state index >= 15 is 0 Å². The van der Waals surface area contributed by atoms with Crippen molar-refractivity contribution in [2.24, 2.45) is 0 Å². The number of rotatable bonds is 2. The Labute approximate surface area is 77.8 Å². The minimum atomic E-state index is -0.132. The number of nitriles is 1. The number of nitrogens with zero attached hydrogens (tertiary/aromatic N) is 1. The average Bonchev–Trinajstić information content (AvgIpc) is 2.17. The van der Waals surface area contributed by atoms with Crippen LogP contribution in [0.1, 0.15) is 29.5 Å². The molecule has 0 aliphatic rings. The van der Waals surface area contributed by atoms with Crippen molar-refractivity contribution in [3.63, 3.8) is 0 Å². The maximum absolute atomic E-state index is 10.5. The third kappa shape index (κ3) is 1.94. The van der Waals surface area contributed by atoms with Crippen molar-refractivity contribution in [3.05, 3.63) is 34.9 Å². The van der Waals surface area contributed by atoms with Gasteiger partial charge in [0.1, 0.15) is 6.29 Å². The molecule has 1 aromatic rings. The molecular formula is C11H11NO. The molecule has 66 valence electrons. The van der Waals surface area contributed by atoms with E-state index in [-0.39, 0.29) is 5.92 Å². The summed E-state index contributed by atoms with van der Waals surface area (Å²) in [5.74, 6) is -0.132. The molecule has 0 bridgehead atoms. The minimum absolute atomic E-state index is 0.132. The standard InChI is InChI=1S/C11H11NO/c1-8-3-4-10(9(2)7-13)5-11(8)6-12/h3-5,7,9H,1-2H3. The van der Waals surface area contributed by atoms with Gasteiger partial charge in [0.2, 0.25) is 0 Å². The molecule has 0 radical (unpaired) electrons. The summed E-state index contributed by atoms with van der Waals surface area (Å²) in [4.78, 5) is 10.5. The summed E-state index contributed by atoms with van der Waals surface area (Å²) in [6, 6.07) is 7.62. The third-order valence-electron chi connectivity index (χ3n) is 2.11. The fourth-order valence-electron chi connectivity index (χ4n) is 1.12. The van der Waals surface area contributed by atoms with Crippen LogP contribution in [0.4, 0.5) is 0 Å². The average molecular weight is 173 g/mol. The summed E-state index contributed by atoms with van der Waals surface area (Å²) in [6.07, 6.45) is 0.881. The maximum Gasteiger partial charge on any atom is 0.127 e. The molecule has 0 aliphatic carbocycles. The molecule has 0 heterocycles. The largest absolute Gasteiger partial charge is 0.303 e. The number of aryl methyl sites for hydroxylation is 1. The van der Waals surface area contributed by atoms with Crippen LogP contribution in [0.3, 0.4) is 0 Å². The Bertz CT molecular complexity index is 363. The fraction of sp³-hybridized carbons (Fsp3) is 0.273. The SMILES string of the molecule is Cc1ccc(C(C)C=O)cc1C#N. The highest BCUT2D eigenvalue weighted by Gasteiger charge is 2.05. The number of benzene rings is 1. The molecule has 0 aromatic heterocycles. The number of carbonyl (C=O) groups excluding carboxylic acids is 1. The van der Waals surface area contributed by atoms with E-state index in [4.69, 9.17) is 5.26 Å². The van der Waals surface area contributed by atoms with Gasteiger partial charge in [-0.05, 0) is 24.1 Å². The lowest BCUT2D eigenvalue weighted by atomic mass is 9.98. The van der Waals surface area contributed by atoms with Crippen molar-refractivity contribution in [2.75, 3.05) is 0 Å². The Morgan fingerprint density at radius 1 is 1.54 bits per heavy atom. The highest BCUT2D eigenvalue weighted by atomic mass is 16.1. The molecule has 0 saturated heterocycles. The number of hydrogen-bond donors (Lipinski definition) is 0. The quantitative estimate of drug-likeness (QED) is 0.643. The first kappa shape index (κ1) is 9.47. The summed E-state index contributed by atoms with van der Waals surface area (Å²) in [6.45, 7) is 3.70. The second kappa shape index (κ2) is 3.86. The zero-order valence-electron chi connectivity index (χ0n) is 7.74. The predicted molar refractivity (Wildman–Crippen MR) is 50.4 cm³/mol. The number of carbonyl (C=O) groups is 1. The summed E-state index contributed by atoms with van der Waals surface area (Å²) >= 11 is 0. The third-order valence-corrected chi connectivity index (χ3v) is 2.11. The normalized spacial score (nSPS) is 11.8. The lowest BCUT2D eigenvalue weighted by Gasteiger charge is -2.05. The lowest BCUT2D eigenvalue weighted by Crippen LogP contribution is -1.95. The molecule has 1 rings (SSSR count). The first-order valence-corrected chi connectivity index (χ1v) is 4.15. The number of aldehydes is 1. The Kier molecular flexibility index (Phi) is 2.81. The van der Waals surface area contributed by atoms with Crippen molar-refractivity contribution < 1.29 is 4.79 Å². The molecule has 1 aromatic carbocycles. The van der Waals surface area contributed by atoms with E-state index < -0.39 is 0 Å². The van der Waals surface area contributed by atoms with Crippen LogP contribution in [0.5, 0.6) is 0 Å². The van der Waals surface area contributed by atoms with E-state index in [1.807, 2.05) is 26.0 Å². The van der Waals surface area contributed by atoms with E-state index in [1.165, 1.54) is 0 Å². The summed E-state index contributed by atoms with van der Waals surface area (Å²) in [5.41, 5.74) is 2.49. The smallest absolute Gasteiger partial charge is 0.127 e. The van der Waals surface area contributed by atoms with Crippen LogP contribution in [0.25, 0.3) is 0 Å². The first-order chi connectivity index (χ1) is 6.19. The summed E-state index contributed by atoms with van der Waals surface area (Å²) in [5, 5.41) is 8.76. The molecule has 2 heteroatoms. The van der Waals surface area contributed by atoms with Crippen molar-refractivity contribution in [1.82, 2.24) is 0 Å². The summed E-state index contributed by atoms with van der Waals surface area (Å²) in [7, 11) is 0. The lowest BCUT2D eigenvalue weighted by molar-refractivity contribution is -0.108. The van der Waals surface area contributed by atoms with Crippen LogP contribution in [0.2, 0.25) is 0 Å². The van der Waals surface area contributed by atoms with Crippen LogP contribution in [0.15, 0.2) is 18.2 Å². The molecule has 0 saturated carbocycles. The highest BCUT2D eigenvalue weighted by Crippen LogP contribution is 2.16. The molecule has 2 nitrogen and oxygen atoms in total. The molecule has 0 amide bonds. The second-order valence-corrected chi connectivity index (χ2v) is 3.11.